The summed E-state index contributed by atoms with van der Waals surface area (Å²) in [6.07, 6.45) is 1.16. The van der Waals surface area contributed by atoms with Gasteiger partial charge in [-0.1, -0.05) is 60.7 Å². The minimum absolute atomic E-state index is 0.217. The average Bonchev–Trinajstić information content (AvgIpc) is 3.73. The molecule has 2 fully saturated rings. The zero-order valence-electron chi connectivity index (χ0n) is 17.3. The first-order chi connectivity index (χ1) is 15.3. The van der Waals surface area contributed by atoms with Crippen LogP contribution in [0.25, 0.3) is 21.5 Å². The van der Waals surface area contributed by atoms with Crippen LogP contribution in [0.3, 0.4) is 0 Å². The van der Waals surface area contributed by atoms with E-state index in [1.165, 1.54) is 32.7 Å². The van der Waals surface area contributed by atoms with Crippen LogP contribution in [0.2, 0.25) is 0 Å². The third-order valence-electron chi connectivity index (χ3n) is 6.00. The van der Waals surface area contributed by atoms with Gasteiger partial charge in [-0.3, -0.25) is 0 Å². The van der Waals surface area contributed by atoms with Gasteiger partial charge in [0.25, 0.3) is 0 Å². The summed E-state index contributed by atoms with van der Waals surface area (Å²) in [5.41, 5.74) is 2.37. The lowest BCUT2D eigenvalue weighted by molar-refractivity contribution is 0.259. The first kappa shape index (κ1) is 18.7. The zero-order chi connectivity index (χ0) is 20.6. The van der Waals surface area contributed by atoms with Gasteiger partial charge in [0, 0.05) is 17.5 Å². The molecule has 4 nitrogen and oxygen atoms in total. The summed E-state index contributed by atoms with van der Waals surface area (Å²) in [4.78, 5) is 0. The quantitative estimate of drug-likeness (QED) is 0.376. The Kier molecular flexibility index (Phi) is 4.74. The molecule has 6 rings (SSSR count). The topological polar surface area (TPSA) is 43.5 Å². The van der Waals surface area contributed by atoms with Gasteiger partial charge in [0.2, 0.25) is 0 Å². The van der Waals surface area contributed by atoms with Gasteiger partial charge in [-0.2, -0.15) is 0 Å². The summed E-state index contributed by atoms with van der Waals surface area (Å²) < 4.78 is 23.1. The molecule has 2 saturated heterocycles. The number of epoxide rings is 2. The first-order valence-electron chi connectivity index (χ1n) is 10.9. The molecule has 0 amide bonds. The molecular formula is C27H24O4. The molecule has 2 unspecified atom stereocenters. The Hall–Kier alpha value is -3.08. The number of hydrogen-bond acceptors (Lipinski definition) is 4. The van der Waals surface area contributed by atoms with Crippen LogP contribution >= 0.6 is 0 Å². The van der Waals surface area contributed by atoms with Crippen LogP contribution in [0, 0.1) is 0 Å². The highest BCUT2D eigenvalue weighted by Gasteiger charge is 2.25. The average molecular weight is 412 g/mol. The van der Waals surface area contributed by atoms with Crippen LogP contribution in [-0.2, 0) is 15.9 Å². The van der Waals surface area contributed by atoms with Crippen molar-refractivity contribution < 1.29 is 18.9 Å². The van der Waals surface area contributed by atoms with E-state index >= 15 is 0 Å². The summed E-state index contributed by atoms with van der Waals surface area (Å²) in [5.74, 6) is 1.83. The predicted octanol–water partition coefficient (Wildman–Crippen LogP) is 5.14. The van der Waals surface area contributed by atoms with E-state index in [0.29, 0.717) is 13.2 Å². The van der Waals surface area contributed by atoms with Crippen molar-refractivity contribution in [2.45, 2.75) is 18.6 Å². The number of benzene rings is 4. The highest BCUT2D eigenvalue weighted by molar-refractivity contribution is 5.91. The second kappa shape index (κ2) is 7.88. The van der Waals surface area contributed by atoms with Crippen LogP contribution in [0.4, 0.5) is 0 Å². The van der Waals surface area contributed by atoms with E-state index in [1.807, 2.05) is 0 Å². The molecule has 0 bridgehead atoms. The molecule has 2 aliphatic rings. The highest BCUT2D eigenvalue weighted by Crippen LogP contribution is 2.36. The Morgan fingerprint density at radius 1 is 0.613 bits per heavy atom. The number of ether oxygens (including phenoxy) is 4. The minimum atomic E-state index is 0.217. The van der Waals surface area contributed by atoms with Crippen LogP contribution in [-0.4, -0.2) is 38.6 Å². The number of hydrogen-bond donors (Lipinski definition) is 0. The Morgan fingerprint density at radius 2 is 1.06 bits per heavy atom. The second-order valence-corrected chi connectivity index (χ2v) is 8.24. The van der Waals surface area contributed by atoms with Gasteiger partial charge < -0.3 is 18.9 Å². The van der Waals surface area contributed by atoms with E-state index in [0.717, 1.165) is 31.1 Å². The van der Waals surface area contributed by atoms with Crippen LogP contribution in [0.5, 0.6) is 11.5 Å². The molecule has 2 heterocycles. The van der Waals surface area contributed by atoms with Crippen molar-refractivity contribution in [3.05, 3.63) is 83.9 Å². The maximum absolute atomic E-state index is 6.22. The lowest BCUT2D eigenvalue weighted by atomic mass is 9.93. The van der Waals surface area contributed by atoms with Crippen molar-refractivity contribution in [2.24, 2.45) is 0 Å². The monoisotopic (exact) mass is 412 g/mol. The van der Waals surface area contributed by atoms with Gasteiger partial charge in [0.1, 0.15) is 36.9 Å². The molecule has 156 valence electrons. The molecule has 0 saturated carbocycles. The van der Waals surface area contributed by atoms with E-state index < -0.39 is 0 Å². The standard InChI is InChI=1S/C27H24O4/c1-3-7-22-18(5-1)9-11-26(30-16-20-14-28-20)24(22)13-25-23-8-4-2-6-19(23)10-12-27(25)31-17-21-15-29-21/h1-12,20-21H,13-17H2. The van der Waals surface area contributed by atoms with Crippen LogP contribution in [0.15, 0.2) is 72.8 Å². The van der Waals surface area contributed by atoms with E-state index in [9.17, 15) is 0 Å². The second-order valence-electron chi connectivity index (χ2n) is 8.24. The van der Waals surface area contributed by atoms with Gasteiger partial charge >= 0.3 is 0 Å². The molecule has 4 aromatic carbocycles. The van der Waals surface area contributed by atoms with Gasteiger partial charge in [-0.05, 0) is 33.7 Å². The molecule has 0 aromatic heterocycles. The maximum Gasteiger partial charge on any atom is 0.123 e. The molecule has 2 atom stereocenters. The third-order valence-corrected chi connectivity index (χ3v) is 6.00. The van der Waals surface area contributed by atoms with E-state index in [2.05, 4.69) is 72.8 Å². The van der Waals surface area contributed by atoms with Crippen LogP contribution in [0.1, 0.15) is 11.1 Å². The Balaban J connectivity index is 1.46. The van der Waals surface area contributed by atoms with Crippen molar-refractivity contribution in [1.82, 2.24) is 0 Å². The van der Waals surface area contributed by atoms with Crippen LogP contribution < -0.4 is 9.47 Å². The Morgan fingerprint density at radius 3 is 1.52 bits per heavy atom. The fourth-order valence-corrected chi connectivity index (χ4v) is 4.14. The molecule has 0 N–H and O–H groups in total. The number of rotatable bonds is 8. The Bertz CT molecular complexity index is 1140. The van der Waals surface area contributed by atoms with Crippen molar-refractivity contribution >= 4 is 21.5 Å². The minimum Gasteiger partial charge on any atom is -0.490 e. The molecular weight excluding hydrogens is 388 g/mol. The van der Waals surface area contributed by atoms with E-state index in [-0.39, 0.29) is 12.2 Å². The largest absolute Gasteiger partial charge is 0.490 e. The fourth-order valence-electron chi connectivity index (χ4n) is 4.14. The van der Waals surface area contributed by atoms with Gasteiger partial charge in [0.15, 0.2) is 0 Å². The zero-order valence-corrected chi connectivity index (χ0v) is 17.3. The van der Waals surface area contributed by atoms with Crippen molar-refractivity contribution in [3.63, 3.8) is 0 Å². The van der Waals surface area contributed by atoms with Crippen molar-refractivity contribution in [3.8, 4) is 11.5 Å². The molecule has 4 heteroatoms. The fraction of sp³-hybridized carbons (Fsp3) is 0.259. The molecule has 0 aliphatic carbocycles. The molecule has 2 aliphatic heterocycles. The maximum atomic E-state index is 6.22. The highest BCUT2D eigenvalue weighted by atomic mass is 16.6. The number of fused-ring (bicyclic) bond motifs is 2. The molecule has 0 spiro atoms. The van der Waals surface area contributed by atoms with Gasteiger partial charge in [-0.15, -0.1) is 0 Å². The normalized spacial score (nSPS) is 19.5. The summed E-state index contributed by atoms with van der Waals surface area (Å²) in [7, 11) is 0. The first-order valence-corrected chi connectivity index (χ1v) is 10.9. The van der Waals surface area contributed by atoms with Crippen molar-refractivity contribution in [1.29, 1.82) is 0 Å². The molecule has 0 radical (unpaired) electrons. The summed E-state index contributed by atoms with van der Waals surface area (Å²) in [5, 5.41) is 4.84. The lowest BCUT2D eigenvalue weighted by Gasteiger charge is -2.18. The predicted molar refractivity (Wildman–Crippen MR) is 121 cm³/mol. The smallest absolute Gasteiger partial charge is 0.123 e. The summed E-state index contributed by atoms with van der Waals surface area (Å²) in [6, 6.07) is 25.4. The third kappa shape index (κ3) is 3.97. The van der Waals surface area contributed by atoms with E-state index in [1.54, 1.807) is 0 Å². The van der Waals surface area contributed by atoms with E-state index in [4.69, 9.17) is 18.9 Å². The molecule has 31 heavy (non-hydrogen) atoms. The van der Waals surface area contributed by atoms with Gasteiger partial charge in [0.05, 0.1) is 13.2 Å². The lowest BCUT2D eigenvalue weighted by Crippen LogP contribution is -2.08. The summed E-state index contributed by atoms with van der Waals surface area (Å²) >= 11 is 0. The van der Waals surface area contributed by atoms with Crippen molar-refractivity contribution in [2.75, 3.05) is 26.4 Å². The summed E-state index contributed by atoms with van der Waals surface area (Å²) in [6.45, 7) is 2.74. The molecule has 4 aromatic rings. The van der Waals surface area contributed by atoms with Gasteiger partial charge in [-0.25, -0.2) is 0 Å². The Labute approximate surface area is 181 Å². The SMILES string of the molecule is c1ccc2c(Cc3c(OCC4CO4)ccc4ccccc34)c(OCC3CO3)ccc2c1.